The van der Waals surface area contributed by atoms with Crippen molar-refractivity contribution in [1.82, 2.24) is 0 Å². The predicted octanol–water partition coefficient (Wildman–Crippen LogP) is 3.87. The number of benzene rings is 2. The third-order valence-electron chi connectivity index (χ3n) is 3.20. The van der Waals surface area contributed by atoms with E-state index in [-0.39, 0.29) is 24.2 Å². The van der Waals surface area contributed by atoms with Gasteiger partial charge in [0, 0.05) is 12.5 Å². The van der Waals surface area contributed by atoms with Crippen LogP contribution in [-0.4, -0.2) is 11.7 Å². The molecular formula is C16H16F2O. The second kappa shape index (κ2) is 6.43. The lowest BCUT2D eigenvalue weighted by atomic mass is 9.87. The van der Waals surface area contributed by atoms with E-state index in [0.717, 1.165) is 17.5 Å². The van der Waals surface area contributed by atoms with Crippen LogP contribution in [0, 0.1) is 11.6 Å². The summed E-state index contributed by atoms with van der Waals surface area (Å²) in [6.07, 6.45) is 1.40. The van der Waals surface area contributed by atoms with Crippen LogP contribution in [0.4, 0.5) is 8.78 Å². The zero-order chi connectivity index (χ0) is 13.7. The Morgan fingerprint density at radius 1 is 0.789 bits per heavy atom. The lowest BCUT2D eigenvalue weighted by Crippen LogP contribution is -2.03. The van der Waals surface area contributed by atoms with Gasteiger partial charge in [-0.25, -0.2) is 8.78 Å². The Kier molecular flexibility index (Phi) is 4.63. The molecule has 0 saturated carbocycles. The van der Waals surface area contributed by atoms with Gasteiger partial charge in [0.05, 0.1) is 0 Å². The van der Waals surface area contributed by atoms with Crippen LogP contribution in [0.5, 0.6) is 0 Å². The molecule has 0 heterocycles. The van der Waals surface area contributed by atoms with E-state index in [2.05, 4.69) is 0 Å². The Labute approximate surface area is 111 Å². The number of hydrogen-bond acceptors (Lipinski definition) is 1. The summed E-state index contributed by atoms with van der Waals surface area (Å²) in [5, 5.41) is 8.98. The molecule has 2 rings (SSSR count). The SMILES string of the molecule is OCCCC(c1ccc(F)cc1)c1ccc(F)cc1. The standard InChI is InChI=1S/C16H16F2O/c17-14-7-3-12(4-8-14)16(2-1-11-19)13-5-9-15(18)10-6-13/h3-10,16,19H,1-2,11H2. The summed E-state index contributed by atoms with van der Waals surface area (Å²) in [5.74, 6) is -0.499. The lowest BCUT2D eigenvalue weighted by molar-refractivity contribution is 0.282. The van der Waals surface area contributed by atoms with E-state index < -0.39 is 0 Å². The zero-order valence-corrected chi connectivity index (χ0v) is 10.5. The highest BCUT2D eigenvalue weighted by Gasteiger charge is 2.14. The van der Waals surface area contributed by atoms with E-state index in [4.69, 9.17) is 5.11 Å². The summed E-state index contributed by atoms with van der Waals surface area (Å²) in [7, 11) is 0. The van der Waals surface area contributed by atoms with Crippen molar-refractivity contribution in [3.05, 3.63) is 71.3 Å². The summed E-state index contributed by atoms with van der Waals surface area (Å²) < 4.78 is 25.9. The van der Waals surface area contributed by atoms with Gasteiger partial charge in [-0.1, -0.05) is 24.3 Å². The maximum atomic E-state index is 13.0. The second-order valence-corrected chi connectivity index (χ2v) is 4.52. The molecule has 0 radical (unpaired) electrons. The van der Waals surface area contributed by atoms with Crippen LogP contribution >= 0.6 is 0 Å². The minimum Gasteiger partial charge on any atom is -0.396 e. The maximum absolute atomic E-state index is 13.0. The van der Waals surface area contributed by atoms with E-state index in [1.165, 1.54) is 24.3 Å². The van der Waals surface area contributed by atoms with Gasteiger partial charge in [0.1, 0.15) is 11.6 Å². The molecule has 2 aromatic carbocycles. The maximum Gasteiger partial charge on any atom is 0.123 e. The highest BCUT2D eigenvalue weighted by molar-refractivity contribution is 5.32. The van der Waals surface area contributed by atoms with Crippen molar-refractivity contribution < 1.29 is 13.9 Å². The smallest absolute Gasteiger partial charge is 0.123 e. The molecule has 0 saturated heterocycles. The van der Waals surface area contributed by atoms with E-state index >= 15 is 0 Å². The first-order chi connectivity index (χ1) is 9.20. The van der Waals surface area contributed by atoms with Gasteiger partial charge >= 0.3 is 0 Å². The summed E-state index contributed by atoms with van der Waals surface area (Å²) in [6, 6.07) is 12.6. The molecule has 0 amide bonds. The molecule has 3 heteroatoms. The Morgan fingerprint density at radius 3 is 1.58 bits per heavy atom. The van der Waals surface area contributed by atoms with Crippen LogP contribution in [0.15, 0.2) is 48.5 Å². The molecule has 1 N–H and O–H groups in total. The molecule has 0 unspecified atom stereocenters. The molecule has 100 valence electrons. The molecule has 0 aliphatic carbocycles. The Hall–Kier alpha value is -1.74. The number of aliphatic hydroxyl groups is 1. The molecule has 0 aliphatic rings. The highest BCUT2D eigenvalue weighted by Crippen LogP contribution is 2.29. The second-order valence-electron chi connectivity index (χ2n) is 4.52. The van der Waals surface area contributed by atoms with Crippen molar-refractivity contribution in [1.29, 1.82) is 0 Å². The third-order valence-corrected chi connectivity index (χ3v) is 3.20. The van der Waals surface area contributed by atoms with Crippen LogP contribution in [0.1, 0.15) is 29.9 Å². The van der Waals surface area contributed by atoms with E-state index in [0.29, 0.717) is 6.42 Å². The average molecular weight is 262 g/mol. The van der Waals surface area contributed by atoms with E-state index in [1.807, 2.05) is 0 Å². The average Bonchev–Trinajstić information content (AvgIpc) is 2.43. The van der Waals surface area contributed by atoms with Gasteiger partial charge in [-0.3, -0.25) is 0 Å². The number of halogens is 2. The molecule has 1 nitrogen and oxygen atoms in total. The van der Waals surface area contributed by atoms with Gasteiger partial charge in [-0.2, -0.15) is 0 Å². The molecule has 0 spiro atoms. The van der Waals surface area contributed by atoms with Crippen molar-refractivity contribution in [3.8, 4) is 0 Å². The fourth-order valence-corrected chi connectivity index (χ4v) is 2.21. The minimum atomic E-state index is -0.274. The van der Waals surface area contributed by atoms with Crippen molar-refractivity contribution >= 4 is 0 Å². The summed E-state index contributed by atoms with van der Waals surface area (Å²) >= 11 is 0. The lowest BCUT2D eigenvalue weighted by Gasteiger charge is -2.17. The molecule has 0 aliphatic heterocycles. The van der Waals surface area contributed by atoms with Crippen LogP contribution in [0.2, 0.25) is 0 Å². The first-order valence-corrected chi connectivity index (χ1v) is 6.32. The van der Waals surface area contributed by atoms with Gasteiger partial charge in [-0.15, -0.1) is 0 Å². The fraction of sp³-hybridized carbons (Fsp3) is 0.250. The van der Waals surface area contributed by atoms with Crippen LogP contribution in [0.3, 0.4) is 0 Å². The number of rotatable bonds is 5. The molecule has 2 aromatic rings. The topological polar surface area (TPSA) is 20.2 Å². The van der Waals surface area contributed by atoms with Crippen molar-refractivity contribution in [3.63, 3.8) is 0 Å². The number of aliphatic hydroxyl groups excluding tert-OH is 1. The molecule has 0 fully saturated rings. The quantitative estimate of drug-likeness (QED) is 0.867. The number of hydrogen-bond donors (Lipinski definition) is 1. The largest absolute Gasteiger partial charge is 0.396 e. The van der Waals surface area contributed by atoms with Crippen LogP contribution in [-0.2, 0) is 0 Å². The van der Waals surface area contributed by atoms with Gasteiger partial charge in [0.2, 0.25) is 0 Å². The molecule has 0 aromatic heterocycles. The van der Waals surface area contributed by atoms with Crippen LogP contribution in [0.25, 0.3) is 0 Å². The van der Waals surface area contributed by atoms with Crippen molar-refractivity contribution in [2.24, 2.45) is 0 Å². The van der Waals surface area contributed by atoms with E-state index in [1.54, 1.807) is 24.3 Å². The Morgan fingerprint density at radius 2 is 1.21 bits per heavy atom. The first kappa shape index (κ1) is 13.7. The van der Waals surface area contributed by atoms with E-state index in [9.17, 15) is 8.78 Å². The van der Waals surface area contributed by atoms with Gasteiger partial charge in [0.15, 0.2) is 0 Å². The monoisotopic (exact) mass is 262 g/mol. The molecule has 0 atom stereocenters. The summed E-state index contributed by atoms with van der Waals surface area (Å²) in [4.78, 5) is 0. The van der Waals surface area contributed by atoms with Crippen molar-refractivity contribution in [2.75, 3.05) is 6.61 Å². The van der Waals surface area contributed by atoms with Crippen molar-refractivity contribution in [2.45, 2.75) is 18.8 Å². The third kappa shape index (κ3) is 3.61. The summed E-state index contributed by atoms with van der Waals surface area (Å²) in [6.45, 7) is 0.110. The normalized spacial score (nSPS) is 10.9. The predicted molar refractivity (Wildman–Crippen MR) is 71.0 cm³/mol. The minimum absolute atomic E-state index is 0.0494. The van der Waals surface area contributed by atoms with Gasteiger partial charge < -0.3 is 5.11 Å². The van der Waals surface area contributed by atoms with Gasteiger partial charge in [-0.05, 0) is 48.2 Å². The molecular weight excluding hydrogens is 246 g/mol. The van der Waals surface area contributed by atoms with Crippen LogP contribution < -0.4 is 0 Å². The Bertz CT molecular complexity index is 460. The van der Waals surface area contributed by atoms with Gasteiger partial charge in [0.25, 0.3) is 0 Å². The first-order valence-electron chi connectivity index (χ1n) is 6.32. The summed E-state index contributed by atoms with van der Waals surface area (Å²) in [5.41, 5.74) is 1.95. The Balaban J connectivity index is 2.29. The molecule has 0 bridgehead atoms. The highest BCUT2D eigenvalue weighted by atomic mass is 19.1. The fourth-order valence-electron chi connectivity index (χ4n) is 2.21. The molecule has 19 heavy (non-hydrogen) atoms. The zero-order valence-electron chi connectivity index (χ0n) is 10.5.